The van der Waals surface area contributed by atoms with Crippen molar-refractivity contribution in [2.24, 2.45) is 0 Å². The van der Waals surface area contributed by atoms with Crippen molar-refractivity contribution >= 4 is 34.6 Å². The standard InChI is InChI=1S/C17H19N5O3S/c1-10-4-3-5-13(11(10)2)22-15(18)12(8-20-22)16(24)19-6-7-21-14(23)9-26-17(21)25/h3-5,8H,6-7,9,18H2,1-2H3,(H,19,24). The third kappa shape index (κ3) is 3.30. The average Bonchev–Trinajstić information content (AvgIpc) is 3.14. The fraction of sp³-hybridized carbons (Fsp3) is 0.294. The van der Waals surface area contributed by atoms with Gasteiger partial charge in [0.1, 0.15) is 11.4 Å². The predicted molar refractivity (Wildman–Crippen MR) is 99.4 cm³/mol. The van der Waals surface area contributed by atoms with Gasteiger partial charge in [-0.05, 0) is 31.0 Å². The molecule has 0 spiro atoms. The van der Waals surface area contributed by atoms with Crippen LogP contribution in [0.4, 0.5) is 10.6 Å². The number of anilines is 1. The molecule has 0 radical (unpaired) electrons. The summed E-state index contributed by atoms with van der Waals surface area (Å²) in [7, 11) is 0. The molecule has 9 heteroatoms. The largest absolute Gasteiger partial charge is 0.383 e. The smallest absolute Gasteiger partial charge is 0.288 e. The first-order valence-corrected chi connectivity index (χ1v) is 9.04. The molecule has 0 atom stereocenters. The quantitative estimate of drug-likeness (QED) is 0.822. The molecule has 1 aromatic heterocycles. The molecule has 2 heterocycles. The minimum Gasteiger partial charge on any atom is -0.383 e. The summed E-state index contributed by atoms with van der Waals surface area (Å²) < 4.78 is 1.53. The van der Waals surface area contributed by atoms with Crippen molar-refractivity contribution in [1.82, 2.24) is 20.0 Å². The molecule has 1 aliphatic heterocycles. The van der Waals surface area contributed by atoms with E-state index < -0.39 is 5.91 Å². The van der Waals surface area contributed by atoms with Crippen LogP contribution in [-0.2, 0) is 4.79 Å². The Kier molecular flexibility index (Phi) is 4.99. The molecule has 3 N–H and O–H groups in total. The summed E-state index contributed by atoms with van der Waals surface area (Å²) in [5.41, 5.74) is 9.30. The summed E-state index contributed by atoms with van der Waals surface area (Å²) in [4.78, 5) is 36.6. The van der Waals surface area contributed by atoms with Crippen LogP contribution in [0.25, 0.3) is 5.69 Å². The SMILES string of the molecule is Cc1cccc(-n2ncc(C(=O)NCCN3C(=O)CSC3=O)c2N)c1C. The number of aryl methyl sites for hydroxylation is 1. The zero-order valence-corrected chi connectivity index (χ0v) is 15.3. The second-order valence-corrected chi connectivity index (χ2v) is 6.86. The van der Waals surface area contributed by atoms with Gasteiger partial charge in [0.25, 0.3) is 11.1 Å². The minimum absolute atomic E-state index is 0.140. The second kappa shape index (κ2) is 7.20. The van der Waals surface area contributed by atoms with Crippen LogP contribution in [-0.4, -0.2) is 50.6 Å². The molecule has 2 aromatic rings. The minimum atomic E-state index is -0.397. The van der Waals surface area contributed by atoms with E-state index in [0.29, 0.717) is 0 Å². The first kappa shape index (κ1) is 18.0. The highest BCUT2D eigenvalue weighted by Crippen LogP contribution is 2.22. The predicted octanol–water partition coefficient (Wildman–Crippen LogP) is 1.50. The Hall–Kier alpha value is -2.81. The number of carbonyl (C=O) groups excluding carboxylic acids is 3. The van der Waals surface area contributed by atoms with Crippen LogP contribution < -0.4 is 11.1 Å². The highest BCUT2D eigenvalue weighted by Gasteiger charge is 2.29. The number of imide groups is 1. The number of hydrogen-bond donors (Lipinski definition) is 2. The Morgan fingerprint density at radius 2 is 2.12 bits per heavy atom. The van der Waals surface area contributed by atoms with Gasteiger partial charge in [-0.2, -0.15) is 5.10 Å². The number of thioether (sulfide) groups is 1. The Balaban J connectivity index is 1.69. The number of carbonyl (C=O) groups is 3. The van der Waals surface area contributed by atoms with Gasteiger partial charge in [0.05, 0.1) is 17.6 Å². The number of nitrogens with one attached hydrogen (secondary N) is 1. The van der Waals surface area contributed by atoms with Gasteiger partial charge in [0.15, 0.2) is 0 Å². The number of nitrogens with zero attached hydrogens (tertiary/aromatic N) is 3. The van der Waals surface area contributed by atoms with Crippen molar-refractivity contribution in [2.75, 3.05) is 24.6 Å². The highest BCUT2D eigenvalue weighted by atomic mass is 32.2. The van der Waals surface area contributed by atoms with Gasteiger partial charge in [-0.25, -0.2) is 4.68 Å². The highest BCUT2D eigenvalue weighted by molar-refractivity contribution is 8.14. The van der Waals surface area contributed by atoms with Gasteiger partial charge in [0, 0.05) is 13.1 Å². The Bertz CT molecular complexity index is 877. The fourth-order valence-corrected chi connectivity index (χ4v) is 3.42. The van der Waals surface area contributed by atoms with Crippen molar-refractivity contribution in [3.05, 3.63) is 41.1 Å². The van der Waals surface area contributed by atoms with E-state index in [2.05, 4.69) is 10.4 Å². The Morgan fingerprint density at radius 3 is 2.81 bits per heavy atom. The van der Waals surface area contributed by atoms with Gasteiger partial charge < -0.3 is 11.1 Å². The summed E-state index contributed by atoms with van der Waals surface area (Å²) in [6, 6.07) is 5.78. The zero-order chi connectivity index (χ0) is 18.8. The molecule has 8 nitrogen and oxygen atoms in total. The van der Waals surface area contributed by atoms with Gasteiger partial charge >= 0.3 is 0 Å². The lowest BCUT2D eigenvalue weighted by Gasteiger charge is -2.13. The number of nitrogen functional groups attached to an aromatic ring is 1. The number of amides is 3. The van der Waals surface area contributed by atoms with E-state index in [1.807, 2.05) is 32.0 Å². The van der Waals surface area contributed by atoms with Crippen LogP contribution in [0.2, 0.25) is 0 Å². The average molecular weight is 373 g/mol. The van der Waals surface area contributed by atoms with Crippen molar-refractivity contribution in [1.29, 1.82) is 0 Å². The second-order valence-electron chi connectivity index (χ2n) is 5.93. The van der Waals surface area contributed by atoms with E-state index in [-0.39, 0.29) is 41.4 Å². The summed E-state index contributed by atoms with van der Waals surface area (Å²) in [6.07, 6.45) is 1.41. The zero-order valence-electron chi connectivity index (χ0n) is 14.5. The molecule has 3 rings (SSSR count). The number of benzene rings is 1. The number of aromatic nitrogens is 2. The third-order valence-electron chi connectivity index (χ3n) is 4.32. The van der Waals surface area contributed by atoms with Gasteiger partial charge in [-0.1, -0.05) is 23.9 Å². The van der Waals surface area contributed by atoms with E-state index >= 15 is 0 Å². The lowest BCUT2D eigenvalue weighted by Crippen LogP contribution is -2.37. The van der Waals surface area contributed by atoms with Gasteiger partial charge in [0.2, 0.25) is 5.91 Å². The molecule has 1 saturated heterocycles. The lowest BCUT2D eigenvalue weighted by atomic mass is 10.1. The molecule has 0 unspecified atom stereocenters. The number of hydrogen-bond acceptors (Lipinski definition) is 6. The maximum absolute atomic E-state index is 12.4. The monoisotopic (exact) mass is 373 g/mol. The van der Waals surface area contributed by atoms with Crippen molar-refractivity contribution in [2.45, 2.75) is 13.8 Å². The van der Waals surface area contributed by atoms with E-state index in [9.17, 15) is 14.4 Å². The maximum Gasteiger partial charge on any atom is 0.288 e. The van der Waals surface area contributed by atoms with Crippen molar-refractivity contribution < 1.29 is 14.4 Å². The topological polar surface area (TPSA) is 110 Å². The molecule has 136 valence electrons. The molecular formula is C17H19N5O3S. The third-order valence-corrected chi connectivity index (χ3v) is 5.18. The Morgan fingerprint density at radius 1 is 1.35 bits per heavy atom. The summed E-state index contributed by atoms with van der Waals surface area (Å²) in [6.45, 7) is 4.26. The van der Waals surface area contributed by atoms with Gasteiger partial charge in [-0.15, -0.1) is 0 Å². The fourth-order valence-electron chi connectivity index (χ4n) is 2.66. The van der Waals surface area contributed by atoms with E-state index in [0.717, 1.165) is 33.5 Å². The number of nitrogens with two attached hydrogens (primary N) is 1. The van der Waals surface area contributed by atoms with Crippen LogP contribution >= 0.6 is 11.8 Å². The van der Waals surface area contributed by atoms with Crippen LogP contribution in [0.1, 0.15) is 21.5 Å². The molecule has 3 amide bonds. The van der Waals surface area contributed by atoms with E-state index in [1.54, 1.807) is 0 Å². The van der Waals surface area contributed by atoms with Crippen LogP contribution in [0.3, 0.4) is 0 Å². The summed E-state index contributed by atoms with van der Waals surface area (Å²) >= 11 is 0.966. The molecule has 0 saturated carbocycles. The summed E-state index contributed by atoms with van der Waals surface area (Å²) in [5.74, 6) is -0.245. The first-order valence-electron chi connectivity index (χ1n) is 8.05. The molecule has 1 fully saturated rings. The van der Waals surface area contributed by atoms with Crippen LogP contribution in [0, 0.1) is 13.8 Å². The lowest BCUT2D eigenvalue weighted by molar-refractivity contribution is -0.124. The molecule has 26 heavy (non-hydrogen) atoms. The molecule has 0 aliphatic carbocycles. The van der Waals surface area contributed by atoms with Crippen molar-refractivity contribution in [3.8, 4) is 5.69 Å². The summed E-state index contributed by atoms with van der Waals surface area (Å²) in [5, 5.41) is 6.61. The van der Waals surface area contributed by atoms with E-state index in [4.69, 9.17) is 5.73 Å². The molecular weight excluding hydrogens is 354 g/mol. The van der Waals surface area contributed by atoms with Crippen LogP contribution in [0.15, 0.2) is 24.4 Å². The normalized spacial score (nSPS) is 14.2. The molecule has 0 bridgehead atoms. The Labute approximate surface area is 154 Å². The van der Waals surface area contributed by atoms with E-state index in [1.165, 1.54) is 10.9 Å². The molecule has 1 aromatic carbocycles. The van der Waals surface area contributed by atoms with Gasteiger partial charge in [-0.3, -0.25) is 19.3 Å². The van der Waals surface area contributed by atoms with Crippen molar-refractivity contribution in [3.63, 3.8) is 0 Å². The van der Waals surface area contributed by atoms with Crippen LogP contribution in [0.5, 0.6) is 0 Å². The maximum atomic E-state index is 12.4. The molecule has 1 aliphatic rings. The number of rotatable bonds is 5. The first-order chi connectivity index (χ1) is 12.4.